The van der Waals surface area contributed by atoms with E-state index in [2.05, 4.69) is 60.3 Å². The van der Waals surface area contributed by atoms with Crippen molar-refractivity contribution in [2.45, 2.75) is 131 Å². The minimum atomic E-state index is -0.780. The molecule has 3 N–H and O–H groups in total. The van der Waals surface area contributed by atoms with Gasteiger partial charge in [-0.1, -0.05) is 58.9 Å². The highest BCUT2D eigenvalue weighted by Crippen LogP contribution is 2.76. The molecule has 6 aliphatic rings. The van der Waals surface area contributed by atoms with Crippen molar-refractivity contribution in [1.29, 1.82) is 0 Å². The Hall–Kier alpha value is -1.39. The maximum Gasteiger partial charge on any atom is 0.314 e. The molecule has 0 bridgehead atoms. The monoisotopic (exact) mass is 591 g/mol. The summed E-state index contributed by atoms with van der Waals surface area (Å²) in [6.07, 6.45) is 18.3. The second-order valence-corrected chi connectivity index (χ2v) is 17.6. The van der Waals surface area contributed by atoms with Crippen molar-refractivity contribution in [1.82, 2.24) is 0 Å². The van der Waals surface area contributed by atoms with Crippen LogP contribution in [-0.2, 0) is 9.53 Å². The van der Waals surface area contributed by atoms with Crippen molar-refractivity contribution in [3.8, 4) is 0 Å². The van der Waals surface area contributed by atoms with Gasteiger partial charge in [-0.05, 0) is 153 Å². The summed E-state index contributed by atoms with van der Waals surface area (Å²) in [7, 11) is 0. The van der Waals surface area contributed by atoms with Gasteiger partial charge in [-0.2, -0.15) is 0 Å². The van der Waals surface area contributed by atoms with E-state index in [1.165, 1.54) is 68.1 Å². The molecule has 4 fully saturated rings. The summed E-state index contributed by atoms with van der Waals surface area (Å²) in [5, 5.41) is 10.2. The molecule has 0 amide bonds. The molecule has 6 rings (SSSR count). The molecule has 10 atom stereocenters. The van der Waals surface area contributed by atoms with Gasteiger partial charge in [0.15, 0.2) is 0 Å². The van der Waals surface area contributed by atoms with Crippen molar-refractivity contribution in [2.75, 3.05) is 13.2 Å². The van der Waals surface area contributed by atoms with Gasteiger partial charge in [-0.25, -0.2) is 0 Å². The molecule has 6 aliphatic carbocycles. The minimum absolute atomic E-state index is 0.0111. The molecule has 43 heavy (non-hydrogen) atoms. The Morgan fingerprint density at radius 2 is 1.70 bits per heavy atom. The van der Waals surface area contributed by atoms with Gasteiger partial charge in [0.1, 0.15) is 0 Å². The van der Waals surface area contributed by atoms with Gasteiger partial charge < -0.3 is 15.6 Å². The zero-order valence-corrected chi connectivity index (χ0v) is 28.5. The van der Waals surface area contributed by atoms with Crippen molar-refractivity contribution in [2.24, 2.45) is 62.4 Å². The highest BCUT2D eigenvalue weighted by Gasteiger charge is 2.70. The summed E-state index contributed by atoms with van der Waals surface area (Å²) in [6, 6.07) is 0. The molecule has 0 radical (unpaired) electrons. The summed E-state index contributed by atoms with van der Waals surface area (Å²) >= 11 is 0. The van der Waals surface area contributed by atoms with Gasteiger partial charge in [0.05, 0.1) is 18.6 Å². The summed E-state index contributed by atoms with van der Waals surface area (Å²) < 4.78 is 5.38. The van der Waals surface area contributed by atoms with Crippen LogP contribution in [0.2, 0.25) is 0 Å². The van der Waals surface area contributed by atoms with Gasteiger partial charge in [0.2, 0.25) is 0 Å². The van der Waals surface area contributed by atoms with Gasteiger partial charge in [0, 0.05) is 5.54 Å². The number of allylic oxidation sites excluding steroid dienone is 5. The van der Waals surface area contributed by atoms with Crippen molar-refractivity contribution >= 4 is 5.97 Å². The van der Waals surface area contributed by atoms with Crippen LogP contribution in [0.15, 0.2) is 35.5 Å². The number of nitrogens with two attached hydrogens (primary N) is 1. The standard InChI is InChI=1S/C39H61NO3/c1-9-43-33(42)38(24-41)19-12-26(13-20-38)28-15-17-35(6)30(34(28,4)5)16-18-37(8)31(35)11-10-29-32-27(25(2)3)14-21-39(32,40)23-22-36(29,37)7/h12,15,27,29-32,41H,2,9-11,13-14,16-24,40H2,1,3-8H3/t27-,29+,30-,31+,32+,35-,36+,37+,38+,39-/m0/s1. The maximum atomic E-state index is 12.8. The lowest BCUT2D eigenvalue weighted by molar-refractivity contribution is -0.219. The molecule has 4 heteroatoms. The molecular formula is C39H61NO3. The highest BCUT2D eigenvalue weighted by molar-refractivity contribution is 5.77. The number of aliphatic hydroxyl groups excluding tert-OH is 1. The van der Waals surface area contributed by atoms with Crippen molar-refractivity contribution in [3.63, 3.8) is 0 Å². The van der Waals surface area contributed by atoms with Crippen LogP contribution in [0.1, 0.15) is 126 Å². The van der Waals surface area contributed by atoms with Gasteiger partial charge in [0.25, 0.3) is 0 Å². The molecule has 0 spiro atoms. The molecule has 0 aliphatic heterocycles. The first kappa shape index (κ1) is 31.6. The van der Waals surface area contributed by atoms with Crippen molar-refractivity contribution < 1.29 is 14.6 Å². The van der Waals surface area contributed by atoms with Crippen molar-refractivity contribution in [3.05, 3.63) is 35.5 Å². The van der Waals surface area contributed by atoms with Crippen LogP contribution in [0.4, 0.5) is 0 Å². The summed E-state index contributed by atoms with van der Waals surface area (Å²) in [4.78, 5) is 12.8. The smallest absolute Gasteiger partial charge is 0.314 e. The first-order valence-corrected chi connectivity index (χ1v) is 17.8. The summed E-state index contributed by atoms with van der Waals surface area (Å²) in [5.74, 6) is 3.02. The Balaban J connectivity index is 1.30. The van der Waals surface area contributed by atoms with E-state index >= 15 is 0 Å². The van der Waals surface area contributed by atoms with Crippen LogP contribution in [0.3, 0.4) is 0 Å². The van der Waals surface area contributed by atoms with Crippen LogP contribution in [-0.4, -0.2) is 29.8 Å². The molecule has 0 unspecified atom stereocenters. The van der Waals surface area contributed by atoms with E-state index in [9.17, 15) is 9.90 Å². The molecule has 0 heterocycles. The number of hydrogen-bond acceptors (Lipinski definition) is 4. The fourth-order valence-electron chi connectivity index (χ4n) is 13.2. The van der Waals surface area contributed by atoms with Crippen LogP contribution in [0.25, 0.3) is 0 Å². The Labute approximate surface area is 262 Å². The third-order valence-electron chi connectivity index (χ3n) is 15.7. The molecule has 0 saturated heterocycles. The Morgan fingerprint density at radius 3 is 2.33 bits per heavy atom. The lowest BCUT2D eigenvalue weighted by atomic mass is 9.33. The van der Waals surface area contributed by atoms with Crippen LogP contribution in [0.5, 0.6) is 0 Å². The number of carbonyl (C=O) groups excluding carboxylic acids is 1. The highest BCUT2D eigenvalue weighted by atomic mass is 16.5. The molecule has 4 saturated carbocycles. The van der Waals surface area contributed by atoms with Gasteiger partial charge in [-0.15, -0.1) is 0 Å². The largest absolute Gasteiger partial charge is 0.465 e. The van der Waals surface area contributed by atoms with Gasteiger partial charge >= 0.3 is 5.97 Å². The number of fused-ring (bicyclic) bond motifs is 7. The predicted octanol–water partition coefficient (Wildman–Crippen LogP) is 8.54. The number of aliphatic hydroxyl groups is 1. The lowest BCUT2D eigenvalue weighted by Gasteiger charge is -2.72. The first-order chi connectivity index (χ1) is 20.1. The topological polar surface area (TPSA) is 72.5 Å². The van der Waals surface area contributed by atoms with E-state index in [0.29, 0.717) is 54.0 Å². The third-order valence-corrected chi connectivity index (χ3v) is 15.7. The van der Waals surface area contributed by atoms with E-state index < -0.39 is 5.41 Å². The molecule has 0 aromatic rings. The van der Waals surface area contributed by atoms with Crippen LogP contribution >= 0.6 is 0 Å². The van der Waals surface area contributed by atoms with E-state index in [0.717, 1.165) is 18.8 Å². The van der Waals surface area contributed by atoms with E-state index in [1.54, 1.807) is 0 Å². The summed E-state index contributed by atoms with van der Waals surface area (Å²) in [5.41, 5.74) is 11.8. The molecule has 0 aromatic heterocycles. The SMILES string of the molecule is C=C(C)[C@@H]1CC[C@]2(N)CC[C@]3(C)[C@H](CC[C@@H]4[C@@]5(C)CC=C(C6=CC[C@@](CO)(C(=O)OCC)CC6)C(C)(C)[C@@H]5CC[C@]43C)[C@@H]12. The number of rotatable bonds is 5. The fourth-order valence-corrected chi connectivity index (χ4v) is 13.2. The Bertz CT molecular complexity index is 1230. The second-order valence-electron chi connectivity index (χ2n) is 17.6. The zero-order chi connectivity index (χ0) is 31.2. The zero-order valence-electron chi connectivity index (χ0n) is 28.5. The van der Waals surface area contributed by atoms with E-state index in [4.69, 9.17) is 10.5 Å². The average molecular weight is 592 g/mol. The maximum absolute atomic E-state index is 12.8. The third kappa shape index (κ3) is 4.23. The van der Waals surface area contributed by atoms with Crippen LogP contribution in [0, 0.1) is 56.7 Å². The fraction of sp³-hybridized carbons (Fsp3) is 0.821. The molecular weight excluding hydrogens is 530 g/mol. The number of hydrogen-bond donors (Lipinski definition) is 2. The lowest BCUT2D eigenvalue weighted by Crippen LogP contribution is -2.67. The quantitative estimate of drug-likeness (QED) is 0.248. The normalized spacial score (nSPS) is 48.5. The van der Waals surface area contributed by atoms with Gasteiger partial charge in [-0.3, -0.25) is 4.79 Å². The summed E-state index contributed by atoms with van der Waals surface area (Å²) in [6.45, 7) is 21.9. The average Bonchev–Trinajstić information content (AvgIpc) is 3.31. The Kier molecular flexibility index (Phi) is 7.57. The van der Waals surface area contributed by atoms with E-state index in [1.807, 2.05) is 6.92 Å². The second kappa shape index (κ2) is 10.3. The number of ether oxygens (including phenoxy) is 1. The van der Waals surface area contributed by atoms with E-state index in [-0.39, 0.29) is 28.9 Å². The molecule has 0 aromatic carbocycles. The van der Waals surface area contributed by atoms with Crippen LogP contribution < -0.4 is 5.73 Å². The number of carbonyl (C=O) groups is 1. The Morgan fingerprint density at radius 1 is 0.953 bits per heavy atom. The first-order valence-electron chi connectivity index (χ1n) is 17.8. The number of esters is 1. The predicted molar refractivity (Wildman–Crippen MR) is 175 cm³/mol. The minimum Gasteiger partial charge on any atom is -0.465 e. The molecule has 240 valence electrons. The molecule has 4 nitrogen and oxygen atoms in total.